The van der Waals surface area contributed by atoms with Crippen LogP contribution in [0.5, 0.6) is 0 Å². The normalized spacial score (nSPS) is 11.6. The number of carboxylic acids is 1. The van der Waals surface area contributed by atoms with Crippen LogP contribution in [-0.2, 0) is 9.59 Å². The van der Waals surface area contributed by atoms with E-state index >= 15 is 0 Å². The van der Waals surface area contributed by atoms with Crippen molar-refractivity contribution in [1.29, 1.82) is 0 Å². The van der Waals surface area contributed by atoms with E-state index in [0.717, 1.165) is 0 Å². The first-order valence-corrected chi connectivity index (χ1v) is 5.91. The molecular formula is C8H15N3O4S. The third-order valence-corrected chi connectivity index (χ3v) is 2.31. The van der Waals surface area contributed by atoms with Gasteiger partial charge in [0.2, 0.25) is 5.91 Å². The zero-order chi connectivity index (χ0) is 12.6. The number of aliphatic carboxylic acids is 1. The van der Waals surface area contributed by atoms with Gasteiger partial charge in [0.15, 0.2) is 0 Å². The number of primary amides is 1. The number of carbonyl (C=O) groups excluding carboxylic acids is 2. The number of nitrogens with one attached hydrogen (secondary N) is 2. The van der Waals surface area contributed by atoms with Crippen LogP contribution in [0.3, 0.4) is 0 Å². The lowest BCUT2D eigenvalue weighted by Crippen LogP contribution is -2.46. The van der Waals surface area contributed by atoms with Crippen LogP contribution in [0.4, 0.5) is 4.79 Å². The van der Waals surface area contributed by atoms with Crippen LogP contribution >= 0.6 is 11.8 Å². The lowest BCUT2D eigenvalue weighted by atomic mass is 10.2. The summed E-state index contributed by atoms with van der Waals surface area (Å²) in [6.45, 7) is -0.321. The maximum absolute atomic E-state index is 11.2. The fraction of sp³-hybridized carbons (Fsp3) is 0.625. The van der Waals surface area contributed by atoms with E-state index in [1.165, 1.54) is 11.8 Å². The largest absolute Gasteiger partial charge is 0.480 e. The molecule has 0 aliphatic heterocycles. The average molecular weight is 249 g/mol. The van der Waals surface area contributed by atoms with E-state index in [-0.39, 0.29) is 6.54 Å². The SMILES string of the molecule is CSCCC(NC(=O)CNC(N)=O)C(=O)O. The molecule has 16 heavy (non-hydrogen) atoms. The summed E-state index contributed by atoms with van der Waals surface area (Å²) in [5.41, 5.74) is 4.76. The summed E-state index contributed by atoms with van der Waals surface area (Å²) in [5.74, 6) is -1.05. The minimum Gasteiger partial charge on any atom is -0.480 e. The van der Waals surface area contributed by atoms with Gasteiger partial charge in [-0.15, -0.1) is 0 Å². The molecule has 1 atom stereocenters. The highest BCUT2D eigenvalue weighted by Gasteiger charge is 2.19. The highest BCUT2D eigenvalue weighted by atomic mass is 32.2. The molecule has 0 aliphatic rings. The first-order valence-electron chi connectivity index (χ1n) is 4.51. The Morgan fingerprint density at radius 3 is 2.50 bits per heavy atom. The third-order valence-electron chi connectivity index (χ3n) is 1.67. The van der Waals surface area contributed by atoms with E-state index in [9.17, 15) is 14.4 Å². The predicted octanol–water partition coefficient (Wildman–Crippen LogP) is -1.02. The van der Waals surface area contributed by atoms with Crippen molar-refractivity contribution in [1.82, 2.24) is 10.6 Å². The molecule has 3 amide bonds. The Kier molecular flexibility index (Phi) is 7.10. The number of thioether (sulfide) groups is 1. The number of carbonyl (C=O) groups is 3. The van der Waals surface area contributed by atoms with Crippen molar-refractivity contribution in [2.75, 3.05) is 18.6 Å². The number of carboxylic acid groups (broad SMARTS) is 1. The van der Waals surface area contributed by atoms with Gasteiger partial charge in [-0.3, -0.25) is 4.79 Å². The number of amides is 3. The smallest absolute Gasteiger partial charge is 0.326 e. The summed E-state index contributed by atoms with van der Waals surface area (Å²) in [6.07, 6.45) is 2.17. The zero-order valence-electron chi connectivity index (χ0n) is 8.86. The molecule has 0 aliphatic carbocycles. The van der Waals surface area contributed by atoms with Crippen LogP contribution < -0.4 is 16.4 Å². The molecule has 0 saturated heterocycles. The molecule has 0 fully saturated rings. The predicted molar refractivity (Wildman–Crippen MR) is 60.2 cm³/mol. The highest BCUT2D eigenvalue weighted by Crippen LogP contribution is 2.00. The van der Waals surface area contributed by atoms with Gasteiger partial charge in [0.05, 0.1) is 6.54 Å². The maximum Gasteiger partial charge on any atom is 0.326 e. The molecule has 0 radical (unpaired) electrons. The summed E-state index contributed by atoms with van der Waals surface area (Å²) < 4.78 is 0. The number of urea groups is 1. The second-order valence-electron chi connectivity index (χ2n) is 2.96. The first-order chi connectivity index (χ1) is 7.47. The van der Waals surface area contributed by atoms with Crippen molar-refractivity contribution in [3.05, 3.63) is 0 Å². The molecule has 0 rings (SSSR count). The summed E-state index contributed by atoms with van der Waals surface area (Å²) in [5, 5.41) is 13.1. The lowest BCUT2D eigenvalue weighted by Gasteiger charge is -2.13. The Hall–Kier alpha value is -1.44. The zero-order valence-corrected chi connectivity index (χ0v) is 9.67. The monoisotopic (exact) mass is 249 g/mol. The van der Waals surface area contributed by atoms with Gasteiger partial charge in [0, 0.05) is 0 Å². The van der Waals surface area contributed by atoms with Crippen molar-refractivity contribution in [2.45, 2.75) is 12.5 Å². The van der Waals surface area contributed by atoms with Gasteiger partial charge in [-0.1, -0.05) is 0 Å². The van der Waals surface area contributed by atoms with Gasteiger partial charge in [0.1, 0.15) is 6.04 Å². The molecule has 5 N–H and O–H groups in total. The quantitative estimate of drug-likeness (QED) is 0.460. The van der Waals surface area contributed by atoms with E-state index in [1.54, 1.807) is 0 Å². The second kappa shape index (κ2) is 7.80. The average Bonchev–Trinajstić information content (AvgIpc) is 2.20. The minimum atomic E-state index is -1.10. The molecule has 0 aromatic rings. The third kappa shape index (κ3) is 6.93. The molecule has 0 aromatic carbocycles. The lowest BCUT2D eigenvalue weighted by molar-refractivity contribution is -0.141. The van der Waals surface area contributed by atoms with Crippen molar-refractivity contribution >= 4 is 29.7 Å². The molecular weight excluding hydrogens is 234 g/mol. The maximum atomic E-state index is 11.2. The van der Waals surface area contributed by atoms with E-state index in [2.05, 4.69) is 10.6 Å². The fourth-order valence-electron chi connectivity index (χ4n) is 0.906. The molecule has 1 unspecified atom stereocenters. The van der Waals surface area contributed by atoms with Crippen LogP contribution in [0, 0.1) is 0 Å². The van der Waals surface area contributed by atoms with E-state index < -0.39 is 23.9 Å². The minimum absolute atomic E-state index is 0.321. The summed E-state index contributed by atoms with van der Waals surface area (Å²) in [7, 11) is 0. The van der Waals surface area contributed by atoms with Crippen LogP contribution in [0.2, 0.25) is 0 Å². The molecule has 0 aromatic heterocycles. The van der Waals surface area contributed by atoms with Crippen LogP contribution in [-0.4, -0.2) is 47.6 Å². The molecule has 0 bridgehead atoms. The summed E-state index contributed by atoms with van der Waals surface area (Å²) in [4.78, 5) is 32.2. The first kappa shape index (κ1) is 14.6. The number of nitrogens with two attached hydrogens (primary N) is 1. The van der Waals surface area contributed by atoms with Crippen LogP contribution in [0.1, 0.15) is 6.42 Å². The molecule has 0 saturated carbocycles. The topological polar surface area (TPSA) is 122 Å². The number of rotatable bonds is 7. The molecule has 7 nitrogen and oxygen atoms in total. The molecule has 0 heterocycles. The van der Waals surface area contributed by atoms with Gasteiger partial charge in [-0.2, -0.15) is 11.8 Å². The molecule has 0 spiro atoms. The summed E-state index contributed by atoms with van der Waals surface area (Å²) >= 11 is 1.49. The van der Waals surface area contributed by atoms with Gasteiger partial charge in [-0.05, 0) is 18.4 Å². The van der Waals surface area contributed by atoms with Gasteiger partial charge >= 0.3 is 12.0 Å². The Morgan fingerprint density at radius 1 is 1.44 bits per heavy atom. The van der Waals surface area contributed by atoms with E-state index in [0.29, 0.717) is 12.2 Å². The van der Waals surface area contributed by atoms with Crippen molar-refractivity contribution < 1.29 is 19.5 Å². The van der Waals surface area contributed by atoms with E-state index in [1.807, 2.05) is 6.26 Å². The molecule has 92 valence electrons. The van der Waals surface area contributed by atoms with Crippen molar-refractivity contribution in [2.24, 2.45) is 5.73 Å². The Balaban J connectivity index is 4.02. The van der Waals surface area contributed by atoms with Gasteiger partial charge in [-0.25, -0.2) is 9.59 Å². The molecule has 8 heteroatoms. The Bertz CT molecular complexity index is 272. The van der Waals surface area contributed by atoms with Crippen molar-refractivity contribution in [3.63, 3.8) is 0 Å². The Morgan fingerprint density at radius 2 is 2.06 bits per heavy atom. The van der Waals surface area contributed by atoms with Gasteiger partial charge < -0.3 is 21.5 Å². The summed E-state index contributed by atoms with van der Waals surface area (Å²) in [6, 6.07) is -1.76. The highest BCUT2D eigenvalue weighted by molar-refractivity contribution is 7.98. The Labute approximate surface area is 97.1 Å². The standard InChI is InChI=1S/C8H15N3O4S/c1-16-3-2-5(7(13)14)11-6(12)4-10-8(9)15/h5H,2-4H2,1H3,(H,11,12)(H,13,14)(H3,9,10,15). The van der Waals surface area contributed by atoms with Crippen LogP contribution in [0.15, 0.2) is 0 Å². The second-order valence-corrected chi connectivity index (χ2v) is 3.94. The number of hydrogen-bond acceptors (Lipinski definition) is 4. The van der Waals surface area contributed by atoms with Crippen molar-refractivity contribution in [3.8, 4) is 0 Å². The van der Waals surface area contributed by atoms with E-state index in [4.69, 9.17) is 10.8 Å². The van der Waals surface area contributed by atoms with Crippen LogP contribution in [0.25, 0.3) is 0 Å². The fourth-order valence-corrected chi connectivity index (χ4v) is 1.38. The number of hydrogen-bond donors (Lipinski definition) is 4. The van der Waals surface area contributed by atoms with Gasteiger partial charge in [0.25, 0.3) is 0 Å².